The third-order valence-corrected chi connectivity index (χ3v) is 5.64. The Kier molecular flexibility index (Phi) is 6.08. The first-order valence-corrected chi connectivity index (χ1v) is 9.91. The molecule has 0 spiro atoms. The Hall–Kier alpha value is -3.13. The molecule has 1 aliphatic rings. The Morgan fingerprint density at radius 3 is 1.43 bits per heavy atom. The maximum atomic E-state index is 15.4. The van der Waals surface area contributed by atoms with E-state index in [0.717, 1.165) is 0 Å². The molecule has 1 aliphatic heterocycles. The predicted molar refractivity (Wildman–Crippen MR) is 108 cm³/mol. The van der Waals surface area contributed by atoms with Gasteiger partial charge in [0, 0.05) is 16.8 Å². The molecule has 180 valence electrons. The van der Waals surface area contributed by atoms with Gasteiger partial charge in [0.25, 0.3) is 5.92 Å². The number of halogens is 6. The topological polar surface area (TPSA) is 51.6 Å². The molecule has 0 amide bonds. The largest absolute Gasteiger partial charge is 2.00 e. The fourth-order valence-corrected chi connectivity index (χ4v) is 3.71. The van der Waals surface area contributed by atoms with Gasteiger partial charge in [0.1, 0.15) is 23.8 Å². The summed E-state index contributed by atoms with van der Waals surface area (Å²) in [6.45, 7) is 3.49. The fourth-order valence-electron chi connectivity index (χ4n) is 3.71. The molecule has 4 aromatic rings. The van der Waals surface area contributed by atoms with Crippen LogP contribution in [0.3, 0.4) is 0 Å². The number of alkyl halides is 2. The SMILES string of the molecule is CC1(C)c2cccc(n2)-c2[c-]c(c(F)nc2F)C(F)(F)c2[c-]c(c(F)nc2F)-c2cccc1n2.[Pt+2]. The van der Waals surface area contributed by atoms with Gasteiger partial charge < -0.3 is 9.97 Å². The van der Waals surface area contributed by atoms with E-state index in [1.165, 1.54) is 24.3 Å². The summed E-state index contributed by atoms with van der Waals surface area (Å²) in [6, 6.07) is 12.8. The third kappa shape index (κ3) is 3.93. The van der Waals surface area contributed by atoms with Crippen molar-refractivity contribution in [2.24, 2.45) is 0 Å². The standard InChI is InChI=1S/C24H12F6N4.Pt/c1-23(2)17-7-3-5-15(31-17)11-9-13(21(27)33-19(11)25)24(29,30)14-10-12(20(26)34-22(14)28)16-6-4-8-18(23)32-16;/h3-8H,1-2H3;/q-2;+2. The van der Waals surface area contributed by atoms with Crippen molar-refractivity contribution < 1.29 is 47.4 Å². The van der Waals surface area contributed by atoms with Gasteiger partial charge in [-0.2, -0.15) is 8.78 Å². The molecule has 0 radical (unpaired) electrons. The zero-order valence-corrected chi connectivity index (χ0v) is 20.1. The monoisotopic (exact) mass is 665 g/mol. The van der Waals surface area contributed by atoms with Gasteiger partial charge in [0.2, 0.25) is 0 Å². The maximum Gasteiger partial charge on any atom is 2.00 e. The first-order chi connectivity index (χ1) is 16.0. The van der Waals surface area contributed by atoms with E-state index < -0.39 is 57.4 Å². The van der Waals surface area contributed by atoms with E-state index in [0.29, 0.717) is 11.4 Å². The zero-order chi connectivity index (χ0) is 24.4. The van der Waals surface area contributed by atoms with Gasteiger partial charge in [-0.05, 0) is 48.5 Å². The minimum Gasteiger partial charge on any atom is -0.300 e. The van der Waals surface area contributed by atoms with Crippen LogP contribution in [0.4, 0.5) is 26.3 Å². The van der Waals surface area contributed by atoms with E-state index in [9.17, 15) is 17.6 Å². The zero-order valence-electron chi connectivity index (χ0n) is 17.8. The van der Waals surface area contributed by atoms with E-state index in [4.69, 9.17) is 0 Å². The van der Waals surface area contributed by atoms with Crippen molar-refractivity contribution in [3.63, 3.8) is 0 Å². The summed E-state index contributed by atoms with van der Waals surface area (Å²) in [4.78, 5) is 14.6. The van der Waals surface area contributed by atoms with E-state index >= 15 is 8.78 Å². The van der Waals surface area contributed by atoms with Crippen molar-refractivity contribution in [3.05, 3.63) is 94.8 Å². The number of rotatable bonds is 0. The summed E-state index contributed by atoms with van der Waals surface area (Å²) < 4.78 is 88.8. The molecule has 0 aromatic carbocycles. The molecule has 11 heteroatoms. The molecule has 0 aliphatic carbocycles. The van der Waals surface area contributed by atoms with Crippen LogP contribution in [0.15, 0.2) is 36.4 Å². The number of aromatic nitrogens is 4. The normalized spacial score (nSPS) is 15.1. The van der Waals surface area contributed by atoms with Gasteiger partial charge in [-0.3, -0.25) is 9.97 Å². The van der Waals surface area contributed by atoms with Crippen molar-refractivity contribution in [2.75, 3.05) is 0 Å². The van der Waals surface area contributed by atoms with Crippen LogP contribution >= 0.6 is 0 Å². The minimum absolute atomic E-state index is 0. The van der Waals surface area contributed by atoms with Gasteiger partial charge in [-0.15, -0.1) is 12.1 Å². The van der Waals surface area contributed by atoms with Crippen LogP contribution in [0.5, 0.6) is 0 Å². The summed E-state index contributed by atoms with van der Waals surface area (Å²) >= 11 is 0. The van der Waals surface area contributed by atoms with Gasteiger partial charge in [-0.25, -0.2) is 17.6 Å². The molecule has 0 N–H and O–H groups in total. The molecule has 35 heavy (non-hydrogen) atoms. The van der Waals surface area contributed by atoms with Crippen molar-refractivity contribution in [1.29, 1.82) is 0 Å². The molecule has 0 saturated heterocycles. The van der Waals surface area contributed by atoms with Crippen molar-refractivity contribution in [3.8, 4) is 22.5 Å². The second-order valence-corrected chi connectivity index (χ2v) is 8.15. The van der Waals surface area contributed by atoms with Crippen LogP contribution < -0.4 is 0 Å². The van der Waals surface area contributed by atoms with Gasteiger partial charge >= 0.3 is 21.1 Å². The molecule has 0 atom stereocenters. The second-order valence-electron chi connectivity index (χ2n) is 8.15. The Morgan fingerprint density at radius 1 is 0.629 bits per heavy atom. The quantitative estimate of drug-likeness (QED) is 0.141. The second kappa shape index (κ2) is 8.52. The van der Waals surface area contributed by atoms with E-state index in [2.05, 4.69) is 19.9 Å². The summed E-state index contributed by atoms with van der Waals surface area (Å²) in [7, 11) is 0. The fraction of sp³-hybridized carbons (Fsp3) is 0.167. The maximum absolute atomic E-state index is 15.4. The molecule has 0 saturated carbocycles. The van der Waals surface area contributed by atoms with Gasteiger partial charge in [0.15, 0.2) is 0 Å². The van der Waals surface area contributed by atoms with E-state index in [1.54, 1.807) is 26.0 Å². The molecule has 0 fully saturated rings. The van der Waals surface area contributed by atoms with Crippen LogP contribution in [-0.4, -0.2) is 19.9 Å². The summed E-state index contributed by atoms with van der Waals surface area (Å²) in [5.74, 6) is -11.2. The molecule has 5 rings (SSSR count). The van der Waals surface area contributed by atoms with Crippen molar-refractivity contribution in [2.45, 2.75) is 25.2 Å². The van der Waals surface area contributed by atoms with Crippen molar-refractivity contribution >= 4 is 0 Å². The minimum atomic E-state index is -4.49. The summed E-state index contributed by atoms with van der Waals surface area (Å²) in [6.07, 6.45) is 0. The molecule has 4 aromatic heterocycles. The first-order valence-electron chi connectivity index (χ1n) is 9.91. The Morgan fingerprint density at radius 2 is 1.03 bits per heavy atom. The third-order valence-electron chi connectivity index (χ3n) is 5.64. The Balaban J connectivity index is 0.00000289. The number of nitrogens with zero attached hydrogens (tertiary/aromatic N) is 4. The van der Waals surface area contributed by atoms with E-state index in [1.807, 2.05) is 12.1 Å². The van der Waals surface area contributed by atoms with Crippen LogP contribution in [-0.2, 0) is 32.4 Å². The first kappa shape index (κ1) is 25.0. The Labute approximate surface area is 209 Å². The van der Waals surface area contributed by atoms with Crippen LogP contribution in [0.1, 0.15) is 36.4 Å². The average molecular weight is 665 g/mol. The molecule has 0 unspecified atom stereocenters. The average Bonchev–Trinajstić information content (AvgIpc) is 2.78. The number of fused-ring (bicyclic) bond motifs is 10. The Bertz CT molecular complexity index is 1370. The molecular weight excluding hydrogens is 653 g/mol. The van der Waals surface area contributed by atoms with Crippen LogP contribution in [0, 0.1) is 35.9 Å². The van der Waals surface area contributed by atoms with Gasteiger partial charge in [0.05, 0.1) is 0 Å². The molecular formula is C24H12F6N4Pt. The summed E-state index contributed by atoms with van der Waals surface area (Å²) in [5, 5.41) is 0. The number of pyridine rings is 4. The van der Waals surface area contributed by atoms with Crippen LogP contribution in [0.2, 0.25) is 0 Å². The van der Waals surface area contributed by atoms with E-state index in [-0.39, 0.29) is 32.5 Å². The number of hydrogen-bond acceptors (Lipinski definition) is 4. The van der Waals surface area contributed by atoms with Crippen LogP contribution in [0.25, 0.3) is 22.5 Å². The predicted octanol–water partition coefficient (Wildman–Crippen LogP) is 5.53. The summed E-state index contributed by atoms with van der Waals surface area (Å²) in [5.41, 5.74) is -4.94. The van der Waals surface area contributed by atoms with Crippen molar-refractivity contribution in [1.82, 2.24) is 19.9 Å². The molecule has 5 heterocycles. The van der Waals surface area contributed by atoms with Gasteiger partial charge in [-0.1, -0.05) is 35.4 Å². The smallest absolute Gasteiger partial charge is 0.300 e. The molecule has 8 bridgehead atoms. The number of hydrogen-bond donors (Lipinski definition) is 0. The molecule has 4 nitrogen and oxygen atoms in total.